The average Bonchev–Trinajstić information content (AvgIpc) is 3.46. The van der Waals surface area contributed by atoms with Crippen LogP contribution in [-0.4, -0.2) is 133 Å². The van der Waals surface area contributed by atoms with E-state index in [0.29, 0.717) is 51.7 Å². The normalized spacial score (nSPS) is 45.0. The van der Waals surface area contributed by atoms with E-state index in [-0.39, 0.29) is 38.1 Å². The van der Waals surface area contributed by atoms with Crippen LogP contribution in [0.5, 0.6) is 0 Å². The Balaban J connectivity index is 1.26. The fourth-order valence-electron chi connectivity index (χ4n) is 13.6. The maximum absolute atomic E-state index is 17.8. The highest BCUT2D eigenvalue weighted by atomic mass is 19.1. The fraction of sp³-hybridized carbons (Fsp3) is 0.824. The lowest BCUT2D eigenvalue weighted by atomic mass is 9.44. The van der Waals surface area contributed by atoms with Gasteiger partial charge < -0.3 is 45.4 Å². The monoisotopic (exact) mass is 919 g/mol. The zero-order valence-corrected chi connectivity index (χ0v) is 41.1. The Kier molecular flexibility index (Phi) is 16.1. The van der Waals surface area contributed by atoms with E-state index in [0.717, 1.165) is 11.1 Å². The molecule has 0 spiro atoms. The van der Waals surface area contributed by atoms with Crippen LogP contribution in [0.15, 0.2) is 36.0 Å². The predicted molar refractivity (Wildman–Crippen MR) is 246 cm³/mol. The number of aliphatic hydroxyl groups is 5. The molecule has 7 unspecified atom stereocenters. The first-order valence-electron chi connectivity index (χ1n) is 24.5. The van der Waals surface area contributed by atoms with E-state index < -0.39 is 117 Å². The van der Waals surface area contributed by atoms with Gasteiger partial charge in [0.2, 0.25) is 5.60 Å². The van der Waals surface area contributed by atoms with Gasteiger partial charge in [0.15, 0.2) is 5.67 Å². The molecule has 5 aliphatic rings. The van der Waals surface area contributed by atoms with Gasteiger partial charge in [-0.1, -0.05) is 85.8 Å². The van der Waals surface area contributed by atoms with E-state index in [1.807, 2.05) is 47.6 Å². The number of cyclic esters (lactones) is 1. The second-order valence-corrected chi connectivity index (χ2v) is 22.1. The summed E-state index contributed by atoms with van der Waals surface area (Å²) < 4.78 is 29.9. The average molecular weight is 919 g/mol. The van der Waals surface area contributed by atoms with Crippen LogP contribution in [0.1, 0.15) is 134 Å². The van der Waals surface area contributed by atoms with Gasteiger partial charge in [-0.15, -0.1) is 0 Å². The van der Waals surface area contributed by atoms with Crippen molar-refractivity contribution in [1.82, 2.24) is 10.2 Å². The lowest BCUT2D eigenvalue weighted by Crippen LogP contribution is -2.69. The summed E-state index contributed by atoms with van der Waals surface area (Å²) >= 11 is 0. The topological polar surface area (TPSA) is 206 Å². The second kappa shape index (κ2) is 19.7. The van der Waals surface area contributed by atoms with Gasteiger partial charge in [-0.2, -0.15) is 0 Å². The quantitative estimate of drug-likeness (QED) is 0.0954. The molecule has 0 radical (unpaired) electrons. The molecule has 0 aromatic heterocycles. The third kappa shape index (κ3) is 9.17. The first-order chi connectivity index (χ1) is 30.1. The molecule has 0 aromatic rings. The van der Waals surface area contributed by atoms with Crippen LogP contribution in [0.2, 0.25) is 0 Å². The summed E-state index contributed by atoms with van der Waals surface area (Å²) in [4.78, 5) is 42.7. The molecule has 4 aliphatic carbocycles. The van der Waals surface area contributed by atoms with Crippen LogP contribution in [0.4, 0.5) is 4.39 Å². The zero-order chi connectivity index (χ0) is 48.8. The molecule has 0 amide bonds. The molecule has 7 N–H and O–H groups in total. The SMILES string of the molecule is C=C1C=CC2(C)C(=C1)CCC1C3C[C@@H](C)[C@](OC(=O)CCNCCCN4C[C@H](C)C[C@](O)(CC)[C@H](O)[C@@H](C)[C@H](O)[C@@H](C)C(=O)O[C@H](CC)C(C)(C)C(O)C4C)(C(=O)O)C3(C)CC(O)[C@@]12F. The van der Waals surface area contributed by atoms with E-state index in [1.54, 1.807) is 46.8 Å². The summed E-state index contributed by atoms with van der Waals surface area (Å²) in [7, 11) is 0. The van der Waals surface area contributed by atoms with Crippen LogP contribution in [0.25, 0.3) is 0 Å². The van der Waals surface area contributed by atoms with E-state index in [1.165, 1.54) is 0 Å². The van der Waals surface area contributed by atoms with Crippen LogP contribution >= 0.6 is 0 Å². The number of ether oxygens (including phenoxy) is 2. The molecule has 17 atom stereocenters. The Labute approximate surface area is 387 Å². The lowest BCUT2D eigenvalue weighted by molar-refractivity contribution is -0.234. The maximum atomic E-state index is 17.8. The summed E-state index contributed by atoms with van der Waals surface area (Å²) in [5, 5.41) is 72.5. The van der Waals surface area contributed by atoms with Crippen LogP contribution in [0.3, 0.4) is 0 Å². The minimum absolute atomic E-state index is 0.118. The molecule has 1 heterocycles. The van der Waals surface area contributed by atoms with Crippen LogP contribution < -0.4 is 5.32 Å². The highest BCUT2D eigenvalue weighted by Crippen LogP contribution is 2.71. The van der Waals surface area contributed by atoms with Gasteiger partial charge in [-0.25, -0.2) is 9.18 Å². The van der Waals surface area contributed by atoms with Crippen molar-refractivity contribution in [1.29, 1.82) is 0 Å². The lowest BCUT2D eigenvalue weighted by Gasteiger charge is -2.62. The molecule has 13 nitrogen and oxygen atoms in total. The van der Waals surface area contributed by atoms with Crippen molar-refractivity contribution in [3.05, 3.63) is 36.0 Å². The smallest absolute Gasteiger partial charge is 0.349 e. The summed E-state index contributed by atoms with van der Waals surface area (Å²) in [5.74, 6) is -6.34. The number of allylic oxidation sites excluding steroid dienone is 5. The summed E-state index contributed by atoms with van der Waals surface area (Å²) in [6, 6.07) is -0.428. The number of halogens is 1. The first kappa shape index (κ1) is 53.2. The van der Waals surface area contributed by atoms with Gasteiger partial charge in [0.05, 0.1) is 42.4 Å². The standard InChI is InChI=1S/C51H83FN2O11/c1-13-39-46(9,10)43(59)34(8)54(28-30(4)26-49(63,14-2)42(58)32(6)41(57)33(7)44(60)64-39)23-15-21-53-22-19-40(56)65-51(45(61)62)31(5)25-37-36-17-16-35-24-29(3)18-20-47(35,11)50(36,52)38(55)27-48(37,51)12/h18,20,24,30-34,36-39,41-43,53,55,57-59,63H,3,13-17,19,21-23,25-28H2,1-2,4-12H3,(H,61,62)/t30-,31-,32+,33-,34?,36?,37?,38?,39-,41+,42-,43?,47?,48?,49-,50+,51+/m1/s1. The Morgan fingerprint density at radius 3 is 2.28 bits per heavy atom. The zero-order valence-electron chi connectivity index (χ0n) is 41.1. The third-order valence-corrected chi connectivity index (χ3v) is 17.8. The highest BCUT2D eigenvalue weighted by molar-refractivity contribution is 5.84. The number of carbonyl (C=O) groups excluding carboxylic acids is 2. The number of carbonyl (C=O) groups is 3. The van der Waals surface area contributed by atoms with Crippen LogP contribution in [0, 0.1) is 51.8 Å². The molecule has 3 saturated carbocycles. The Bertz CT molecular complexity index is 1820. The minimum atomic E-state index is -2.04. The molecule has 14 heteroatoms. The number of nitrogens with one attached hydrogen (secondary N) is 1. The molecule has 370 valence electrons. The Hall–Kier alpha value is -2.72. The molecule has 4 fully saturated rings. The fourth-order valence-corrected chi connectivity index (χ4v) is 13.6. The second-order valence-electron chi connectivity index (χ2n) is 22.1. The van der Waals surface area contributed by atoms with Crippen molar-refractivity contribution in [2.45, 2.75) is 187 Å². The summed E-state index contributed by atoms with van der Waals surface area (Å²) in [5.41, 5.74) is -7.10. The first-order valence-corrected chi connectivity index (χ1v) is 24.5. The van der Waals surface area contributed by atoms with Crippen molar-refractivity contribution >= 4 is 17.9 Å². The molecular weight excluding hydrogens is 836 g/mol. The largest absolute Gasteiger partial charge is 0.478 e. The maximum Gasteiger partial charge on any atom is 0.349 e. The highest BCUT2D eigenvalue weighted by Gasteiger charge is 2.77. The molecule has 65 heavy (non-hydrogen) atoms. The predicted octanol–water partition coefficient (Wildman–Crippen LogP) is 5.90. The van der Waals surface area contributed by atoms with Crippen molar-refractivity contribution in [2.75, 3.05) is 26.2 Å². The van der Waals surface area contributed by atoms with Gasteiger partial charge in [-0.05, 0) is 103 Å². The number of alkyl halides is 1. The van der Waals surface area contributed by atoms with E-state index in [9.17, 15) is 45.0 Å². The summed E-state index contributed by atoms with van der Waals surface area (Å²) in [6.07, 6.45) is 2.26. The van der Waals surface area contributed by atoms with Crippen LogP contribution in [-0.2, 0) is 23.9 Å². The third-order valence-electron chi connectivity index (χ3n) is 17.8. The number of fused-ring (bicyclic) bond motifs is 5. The Morgan fingerprint density at radius 2 is 1.66 bits per heavy atom. The van der Waals surface area contributed by atoms with Gasteiger partial charge in [0.25, 0.3) is 0 Å². The van der Waals surface area contributed by atoms with Gasteiger partial charge >= 0.3 is 17.9 Å². The molecule has 1 saturated heterocycles. The van der Waals surface area contributed by atoms with Gasteiger partial charge in [0, 0.05) is 53.1 Å². The van der Waals surface area contributed by atoms with E-state index in [4.69, 9.17) is 9.47 Å². The molecule has 1 aliphatic heterocycles. The number of carboxylic acid groups (broad SMARTS) is 1. The van der Waals surface area contributed by atoms with Crippen molar-refractivity contribution in [3.8, 4) is 0 Å². The molecule has 0 aromatic carbocycles. The number of aliphatic carboxylic acids is 1. The number of nitrogens with zero attached hydrogens (tertiary/aromatic N) is 1. The molecule has 0 bridgehead atoms. The number of rotatable bonds is 11. The van der Waals surface area contributed by atoms with E-state index >= 15 is 4.39 Å². The number of aliphatic hydroxyl groups excluding tert-OH is 4. The number of hydrogen-bond donors (Lipinski definition) is 7. The van der Waals surface area contributed by atoms with E-state index in [2.05, 4.69) is 16.8 Å². The number of hydrogen-bond acceptors (Lipinski definition) is 12. The van der Waals surface area contributed by atoms with Gasteiger partial charge in [-0.3, -0.25) is 14.5 Å². The van der Waals surface area contributed by atoms with Crippen molar-refractivity contribution < 1.29 is 58.9 Å². The number of carboxylic acids is 1. The van der Waals surface area contributed by atoms with Crippen molar-refractivity contribution in [2.24, 2.45) is 51.8 Å². The Morgan fingerprint density at radius 1 is 1.00 bits per heavy atom. The summed E-state index contributed by atoms with van der Waals surface area (Å²) in [6.45, 7) is 25.4. The minimum Gasteiger partial charge on any atom is -0.478 e. The number of esters is 2. The van der Waals surface area contributed by atoms with Crippen molar-refractivity contribution in [3.63, 3.8) is 0 Å². The molecular formula is C51H83FN2O11. The van der Waals surface area contributed by atoms with Gasteiger partial charge in [0.1, 0.15) is 6.10 Å². The molecule has 5 rings (SSSR count).